The van der Waals surface area contributed by atoms with Crippen molar-refractivity contribution in [3.63, 3.8) is 0 Å². The molecule has 0 radical (unpaired) electrons. The number of aryl methyl sites for hydroxylation is 1. The summed E-state index contributed by atoms with van der Waals surface area (Å²) in [5, 5.41) is 12.1. The van der Waals surface area contributed by atoms with E-state index >= 15 is 0 Å². The number of nitrogens with zero attached hydrogens (tertiary/aromatic N) is 2. The highest BCUT2D eigenvalue weighted by atomic mass is 16.5. The number of fused-ring (bicyclic) bond motifs is 1. The number of ether oxygens (including phenoxy) is 1. The van der Waals surface area contributed by atoms with E-state index in [2.05, 4.69) is 11.4 Å². The van der Waals surface area contributed by atoms with Gasteiger partial charge in [0.1, 0.15) is 0 Å². The highest BCUT2D eigenvalue weighted by Crippen LogP contribution is 2.23. The Bertz CT molecular complexity index is 537. The Balaban J connectivity index is 2.13. The van der Waals surface area contributed by atoms with Gasteiger partial charge in [-0.05, 0) is 36.6 Å². The Labute approximate surface area is 125 Å². The Morgan fingerprint density at radius 2 is 2.33 bits per heavy atom. The molecule has 0 aliphatic carbocycles. The van der Waals surface area contributed by atoms with Gasteiger partial charge >= 0.3 is 0 Å². The first-order valence-electron chi connectivity index (χ1n) is 7.28. The van der Waals surface area contributed by atoms with Gasteiger partial charge in [0, 0.05) is 38.0 Å². The first-order valence-corrected chi connectivity index (χ1v) is 7.28. The first-order chi connectivity index (χ1) is 10.3. The SMILES string of the molecule is COCCN(CCC#N)C(=O)c1ccc2c(c1)CCCN2. The summed E-state index contributed by atoms with van der Waals surface area (Å²) >= 11 is 0. The van der Waals surface area contributed by atoms with E-state index in [-0.39, 0.29) is 5.91 Å². The molecule has 0 fully saturated rings. The second-order valence-corrected chi connectivity index (χ2v) is 5.10. The molecule has 1 aliphatic rings. The van der Waals surface area contributed by atoms with Gasteiger partial charge in [0.25, 0.3) is 5.91 Å². The molecule has 0 spiro atoms. The third-order valence-corrected chi connectivity index (χ3v) is 3.64. The average Bonchev–Trinajstić information content (AvgIpc) is 2.54. The van der Waals surface area contributed by atoms with Gasteiger partial charge in [-0.15, -0.1) is 0 Å². The Hall–Kier alpha value is -2.06. The molecule has 0 saturated heterocycles. The third kappa shape index (κ3) is 3.96. The van der Waals surface area contributed by atoms with E-state index in [9.17, 15) is 4.79 Å². The van der Waals surface area contributed by atoms with Crippen LogP contribution in [0.15, 0.2) is 18.2 Å². The number of anilines is 1. The number of nitriles is 1. The van der Waals surface area contributed by atoms with Crippen molar-refractivity contribution in [2.45, 2.75) is 19.3 Å². The summed E-state index contributed by atoms with van der Waals surface area (Å²) in [6.07, 6.45) is 2.42. The molecular weight excluding hydrogens is 266 g/mol. The summed E-state index contributed by atoms with van der Waals surface area (Å²) in [7, 11) is 1.61. The molecule has 1 aromatic rings. The molecule has 0 bridgehead atoms. The van der Waals surface area contributed by atoms with E-state index in [1.165, 1.54) is 5.56 Å². The lowest BCUT2D eigenvalue weighted by Crippen LogP contribution is -2.34. The highest BCUT2D eigenvalue weighted by molar-refractivity contribution is 5.95. The van der Waals surface area contributed by atoms with Gasteiger partial charge in [-0.3, -0.25) is 4.79 Å². The zero-order chi connectivity index (χ0) is 15.1. The maximum atomic E-state index is 12.6. The van der Waals surface area contributed by atoms with Crippen LogP contribution in [0.4, 0.5) is 5.69 Å². The van der Waals surface area contributed by atoms with Crippen LogP contribution in [-0.4, -0.2) is 44.2 Å². The second-order valence-electron chi connectivity index (χ2n) is 5.10. The van der Waals surface area contributed by atoms with Crippen LogP contribution in [0, 0.1) is 11.3 Å². The number of carbonyl (C=O) groups is 1. The maximum absolute atomic E-state index is 12.6. The summed E-state index contributed by atoms with van der Waals surface area (Å²) in [6.45, 7) is 2.41. The van der Waals surface area contributed by atoms with Crippen molar-refractivity contribution >= 4 is 11.6 Å². The molecule has 0 unspecified atom stereocenters. The number of benzene rings is 1. The van der Waals surface area contributed by atoms with Gasteiger partial charge in [-0.25, -0.2) is 0 Å². The van der Waals surface area contributed by atoms with Crippen molar-refractivity contribution in [3.8, 4) is 6.07 Å². The summed E-state index contributed by atoms with van der Waals surface area (Å²) in [6, 6.07) is 7.88. The molecule has 21 heavy (non-hydrogen) atoms. The molecule has 0 saturated carbocycles. The highest BCUT2D eigenvalue weighted by Gasteiger charge is 2.17. The molecule has 1 heterocycles. The van der Waals surface area contributed by atoms with Crippen LogP contribution in [-0.2, 0) is 11.2 Å². The van der Waals surface area contributed by atoms with Gasteiger partial charge in [0.2, 0.25) is 0 Å². The van der Waals surface area contributed by atoms with Crippen LogP contribution >= 0.6 is 0 Å². The van der Waals surface area contributed by atoms with Crippen LogP contribution in [0.3, 0.4) is 0 Å². The van der Waals surface area contributed by atoms with Crippen molar-refractivity contribution in [2.24, 2.45) is 0 Å². The number of rotatable bonds is 6. The summed E-state index contributed by atoms with van der Waals surface area (Å²) in [5.74, 6) is -0.0318. The van der Waals surface area contributed by atoms with E-state index in [1.54, 1.807) is 12.0 Å². The third-order valence-electron chi connectivity index (χ3n) is 3.64. The molecule has 2 rings (SSSR count). The van der Waals surface area contributed by atoms with E-state index in [1.807, 2.05) is 18.2 Å². The van der Waals surface area contributed by atoms with Crippen molar-refractivity contribution in [1.82, 2.24) is 4.90 Å². The summed E-state index contributed by atoms with van der Waals surface area (Å²) in [4.78, 5) is 14.3. The predicted octanol–water partition coefficient (Wildman–Crippen LogP) is 2.05. The van der Waals surface area contributed by atoms with Crippen molar-refractivity contribution in [3.05, 3.63) is 29.3 Å². The fraction of sp³-hybridized carbons (Fsp3) is 0.500. The van der Waals surface area contributed by atoms with Gasteiger partial charge in [-0.2, -0.15) is 5.26 Å². The van der Waals surface area contributed by atoms with Crippen molar-refractivity contribution < 1.29 is 9.53 Å². The fourth-order valence-electron chi connectivity index (χ4n) is 2.49. The lowest BCUT2D eigenvalue weighted by Gasteiger charge is -2.23. The van der Waals surface area contributed by atoms with Gasteiger partial charge in [-0.1, -0.05) is 0 Å². The molecule has 0 atom stereocenters. The normalized spacial score (nSPS) is 13.0. The minimum absolute atomic E-state index is 0.0318. The fourth-order valence-corrected chi connectivity index (χ4v) is 2.49. The van der Waals surface area contributed by atoms with Crippen LogP contribution in [0.1, 0.15) is 28.8 Å². The number of methoxy groups -OCH3 is 1. The molecule has 5 nitrogen and oxygen atoms in total. The summed E-state index contributed by atoms with van der Waals surface area (Å²) < 4.78 is 5.04. The molecule has 5 heteroatoms. The maximum Gasteiger partial charge on any atom is 0.253 e. The lowest BCUT2D eigenvalue weighted by atomic mass is 10.0. The summed E-state index contributed by atoms with van der Waals surface area (Å²) in [5.41, 5.74) is 3.00. The average molecular weight is 287 g/mol. The van der Waals surface area contributed by atoms with Crippen LogP contribution in [0.5, 0.6) is 0 Å². The molecule has 1 amide bonds. The van der Waals surface area contributed by atoms with E-state index in [4.69, 9.17) is 10.00 Å². The standard InChI is InChI=1S/C16H21N3O2/c1-21-11-10-19(9-3-7-17)16(20)14-5-6-15-13(12-14)4-2-8-18-15/h5-6,12,18H,2-4,8-11H2,1H3. The van der Waals surface area contributed by atoms with Crippen LogP contribution < -0.4 is 5.32 Å². The number of nitrogens with one attached hydrogen (secondary N) is 1. The number of amides is 1. The number of carbonyl (C=O) groups excluding carboxylic acids is 1. The predicted molar refractivity (Wildman–Crippen MR) is 81.3 cm³/mol. The van der Waals surface area contributed by atoms with Gasteiger partial charge < -0.3 is 15.0 Å². The molecule has 1 N–H and O–H groups in total. The molecule has 0 aromatic heterocycles. The van der Waals surface area contributed by atoms with Crippen molar-refractivity contribution in [1.29, 1.82) is 5.26 Å². The zero-order valence-electron chi connectivity index (χ0n) is 12.4. The van der Waals surface area contributed by atoms with E-state index in [0.29, 0.717) is 31.7 Å². The smallest absolute Gasteiger partial charge is 0.253 e. The topological polar surface area (TPSA) is 65.4 Å². The number of hydrogen-bond acceptors (Lipinski definition) is 4. The minimum atomic E-state index is -0.0318. The van der Waals surface area contributed by atoms with E-state index < -0.39 is 0 Å². The minimum Gasteiger partial charge on any atom is -0.385 e. The Morgan fingerprint density at radius 3 is 3.10 bits per heavy atom. The van der Waals surface area contributed by atoms with Gasteiger partial charge in [0.05, 0.1) is 19.1 Å². The van der Waals surface area contributed by atoms with Gasteiger partial charge in [0.15, 0.2) is 0 Å². The van der Waals surface area contributed by atoms with Crippen LogP contribution in [0.2, 0.25) is 0 Å². The molecular formula is C16H21N3O2. The lowest BCUT2D eigenvalue weighted by molar-refractivity contribution is 0.0700. The molecule has 1 aromatic carbocycles. The largest absolute Gasteiger partial charge is 0.385 e. The van der Waals surface area contributed by atoms with Crippen molar-refractivity contribution in [2.75, 3.05) is 38.7 Å². The quantitative estimate of drug-likeness (QED) is 0.869. The number of hydrogen-bond donors (Lipinski definition) is 1. The Morgan fingerprint density at radius 1 is 1.48 bits per heavy atom. The monoisotopic (exact) mass is 287 g/mol. The zero-order valence-corrected chi connectivity index (χ0v) is 12.4. The molecule has 112 valence electrons. The first kappa shape index (κ1) is 15.3. The Kier molecular flexibility index (Phi) is 5.59. The van der Waals surface area contributed by atoms with Crippen LogP contribution in [0.25, 0.3) is 0 Å². The molecule has 1 aliphatic heterocycles. The second kappa shape index (κ2) is 7.65. The van der Waals surface area contributed by atoms with E-state index in [0.717, 1.165) is 25.1 Å².